The molecule has 0 spiro atoms. The van der Waals surface area contributed by atoms with E-state index in [4.69, 9.17) is 4.98 Å². The van der Waals surface area contributed by atoms with E-state index in [0.717, 1.165) is 79.5 Å². The zero-order valence-electron chi connectivity index (χ0n) is 22.0. The predicted molar refractivity (Wildman–Crippen MR) is 149 cm³/mol. The highest BCUT2D eigenvalue weighted by atomic mass is 16.2. The van der Waals surface area contributed by atoms with E-state index in [9.17, 15) is 9.59 Å². The van der Waals surface area contributed by atoms with Crippen LogP contribution in [0.2, 0.25) is 0 Å². The summed E-state index contributed by atoms with van der Waals surface area (Å²) in [6.07, 6.45) is 5.22. The number of benzene rings is 2. The van der Waals surface area contributed by atoms with Gasteiger partial charge in [0.25, 0.3) is 0 Å². The minimum atomic E-state index is 0.00405. The average Bonchev–Trinajstić information content (AvgIpc) is 2.93. The van der Waals surface area contributed by atoms with Crippen molar-refractivity contribution >= 4 is 28.5 Å². The molecule has 1 aromatic heterocycles. The minimum absolute atomic E-state index is 0.00405. The molecule has 0 unspecified atom stereocenters. The van der Waals surface area contributed by atoms with E-state index in [-0.39, 0.29) is 29.7 Å². The van der Waals surface area contributed by atoms with Crippen LogP contribution in [0.5, 0.6) is 0 Å². The second kappa shape index (κ2) is 11.3. The first kappa shape index (κ1) is 25.2. The Morgan fingerprint density at radius 1 is 0.946 bits per heavy atom. The fraction of sp³-hybridized carbons (Fsp3) is 0.452. The number of rotatable bonds is 6. The molecule has 5 rings (SSSR count). The SMILES string of the molecule is CCNC(=O)[C@H]1CCC[C@H](NC(=O)C2CCN(c3nc4ccc(C)cc4cc3-c3ccccc3)CC2)C1. The molecule has 0 radical (unpaired) electrons. The highest BCUT2D eigenvalue weighted by Gasteiger charge is 2.31. The molecule has 2 amide bonds. The van der Waals surface area contributed by atoms with Crippen LogP contribution in [0, 0.1) is 18.8 Å². The Bertz CT molecular complexity index is 1250. The zero-order chi connectivity index (χ0) is 25.8. The fourth-order valence-corrected chi connectivity index (χ4v) is 5.91. The van der Waals surface area contributed by atoms with E-state index < -0.39 is 0 Å². The maximum absolute atomic E-state index is 13.2. The number of anilines is 1. The van der Waals surface area contributed by atoms with Gasteiger partial charge < -0.3 is 15.5 Å². The van der Waals surface area contributed by atoms with E-state index in [1.807, 2.05) is 13.0 Å². The standard InChI is InChI=1S/C31H38N4O2/c1-3-32-30(36)24-10-7-11-26(19-24)33-31(37)23-14-16-35(17-15-23)29-27(22-8-5-4-6-9-22)20-25-18-21(2)12-13-28(25)34-29/h4-6,8-9,12-13,18,20,23-24,26H,3,7,10-11,14-17,19H2,1-2H3,(H,32,36)(H,33,37)/t24-,26-/m0/s1. The lowest BCUT2D eigenvalue weighted by molar-refractivity contribution is -0.129. The summed E-state index contributed by atoms with van der Waals surface area (Å²) in [6, 6.07) is 19.2. The Morgan fingerprint density at radius 2 is 1.73 bits per heavy atom. The van der Waals surface area contributed by atoms with E-state index in [2.05, 4.69) is 71.0 Å². The number of carbonyl (C=O) groups excluding carboxylic acids is 2. The Labute approximate surface area is 219 Å². The molecule has 2 aromatic carbocycles. The average molecular weight is 499 g/mol. The molecule has 1 aliphatic heterocycles. The van der Waals surface area contributed by atoms with E-state index in [1.165, 1.54) is 5.56 Å². The van der Waals surface area contributed by atoms with Gasteiger partial charge in [-0.2, -0.15) is 0 Å². The maximum Gasteiger partial charge on any atom is 0.223 e. The number of nitrogens with one attached hydrogen (secondary N) is 2. The van der Waals surface area contributed by atoms with Crippen LogP contribution in [0.15, 0.2) is 54.6 Å². The zero-order valence-corrected chi connectivity index (χ0v) is 22.0. The first-order valence-corrected chi connectivity index (χ1v) is 13.8. The van der Waals surface area contributed by atoms with Gasteiger partial charge in [0.15, 0.2) is 0 Å². The number of pyridine rings is 1. The Kier molecular flexibility index (Phi) is 7.73. The third kappa shape index (κ3) is 5.79. The van der Waals surface area contributed by atoms with Gasteiger partial charge >= 0.3 is 0 Å². The van der Waals surface area contributed by atoms with Gasteiger partial charge in [-0.25, -0.2) is 4.98 Å². The van der Waals surface area contributed by atoms with Gasteiger partial charge in [-0.3, -0.25) is 9.59 Å². The molecule has 6 nitrogen and oxygen atoms in total. The summed E-state index contributed by atoms with van der Waals surface area (Å²) < 4.78 is 0. The van der Waals surface area contributed by atoms with E-state index >= 15 is 0 Å². The lowest BCUT2D eigenvalue weighted by atomic mass is 9.84. The molecule has 6 heteroatoms. The van der Waals surface area contributed by atoms with Crippen molar-refractivity contribution in [3.63, 3.8) is 0 Å². The highest BCUT2D eigenvalue weighted by Crippen LogP contribution is 2.35. The van der Waals surface area contributed by atoms with Crippen molar-refractivity contribution in [3.8, 4) is 11.1 Å². The van der Waals surface area contributed by atoms with Crippen LogP contribution in [0.25, 0.3) is 22.0 Å². The van der Waals surface area contributed by atoms with Crippen LogP contribution >= 0.6 is 0 Å². The first-order chi connectivity index (χ1) is 18.0. The molecule has 0 bridgehead atoms. The quantitative estimate of drug-likeness (QED) is 0.488. The van der Waals surface area contributed by atoms with Crippen LogP contribution in [-0.4, -0.2) is 42.5 Å². The smallest absolute Gasteiger partial charge is 0.223 e. The van der Waals surface area contributed by atoms with E-state index in [1.54, 1.807) is 0 Å². The number of amides is 2. The van der Waals surface area contributed by atoms with E-state index in [0.29, 0.717) is 6.54 Å². The second-order valence-electron chi connectivity index (χ2n) is 10.6. The normalized spacial score (nSPS) is 20.5. The lowest BCUT2D eigenvalue weighted by Crippen LogP contribution is -2.46. The highest BCUT2D eigenvalue weighted by molar-refractivity contribution is 5.90. The molecular weight excluding hydrogens is 460 g/mol. The van der Waals surface area contributed by atoms with Crippen LogP contribution in [-0.2, 0) is 9.59 Å². The molecule has 2 fully saturated rings. The topological polar surface area (TPSA) is 74.3 Å². The lowest BCUT2D eigenvalue weighted by Gasteiger charge is -2.35. The van der Waals surface area contributed by atoms with Gasteiger partial charge in [-0.1, -0.05) is 48.4 Å². The van der Waals surface area contributed by atoms with Gasteiger partial charge in [-0.05, 0) is 69.7 Å². The number of aryl methyl sites for hydroxylation is 1. The van der Waals surface area contributed by atoms with Crippen LogP contribution in [0.4, 0.5) is 5.82 Å². The molecule has 194 valence electrons. The summed E-state index contributed by atoms with van der Waals surface area (Å²) in [5, 5.41) is 7.37. The molecule has 37 heavy (non-hydrogen) atoms. The van der Waals surface area contributed by atoms with Gasteiger partial charge in [-0.15, -0.1) is 0 Å². The summed E-state index contributed by atoms with van der Waals surface area (Å²) in [5.74, 6) is 1.29. The second-order valence-corrected chi connectivity index (χ2v) is 10.6. The number of nitrogens with zero attached hydrogens (tertiary/aromatic N) is 2. The summed E-state index contributed by atoms with van der Waals surface area (Å²) in [6.45, 7) is 6.31. The van der Waals surface area contributed by atoms with Crippen LogP contribution in [0.3, 0.4) is 0 Å². The van der Waals surface area contributed by atoms with Crippen LogP contribution < -0.4 is 15.5 Å². The molecule has 1 aliphatic carbocycles. The Morgan fingerprint density at radius 3 is 2.49 bits per heavy atom. The monoisotopic (exact) mass is 498 g/mol. The molecule has 2 heterocycles. The minimum Gasteiger partial charge on any atom is -0.356 e. The fourth-order valence-electron chi connectivity index (χ4n) is 5.91. The van der Waals surface area contributed by atoms with Gasteiger partial charge in [0.05, 0.1) is 5.52 Å². The molecule has 2 aliphatic rings. The predicted octanol–water partition coefficient (Wildman–Crippen LogP) is 5.24. The summed E-state index contributed by atoms with van der Waals surface area (Å²) in [7, 11) is 0. The van der Waals surface area contributed by atoms with Crippen molar-refractivity contribution in [2.24, 2.45) is 11.8 Å². The first-order valence-electron chi connectivity index (χ1n) is 13.8. The Balaban J connectivity index is 1.27. The van der Waals surface area contributed by atoms with Crippen molar-refractivity contribution in [2.75, 3.05) is 24.5 Å². The summed E-state index contributed by atoms with van der Waals surface area (Å²) in [4.78, 5) is 32.9. The third-order valence-corrected chi connectivity index (χ3v) is 7.94. The van der Waals surface area contributed by atoms with Gasteiger partial charge in [0.1, 0.15) is 5.82 Å². The molecule has 3 aromatic rings. The maximum atomic E-state index is 13.2. The van der Waals surface area contributed by atoms with Crippen molar-refractivity contribution < 1.29 is 9.59 Å². The number of aromatic nitrogens is 1. The van der Waals surface area contributed by atoms with Gasteiger partial charge in [0, 0.05) is 48.5 Å². The third-order valence-electron chi connectivity index (χ3n) is 7.94. The van der Waals surface area contributed by atoms with Crippen molar-refractivity contribution in [1.29, 1.82) is 0 Å². The summed E-state index contributed by atoms with van der Waals surface area (Å²) >= 11 is 0. The number of fused-ring (bicyclic) bond motifs is 1. The molecule has 2 N–H and O–H groups in total. The molecule has 1 saturated carbocycles. The molecule has 1 saturated heterocycles. The van der Waals surface area contributed by atoms with Crippen molar-refractivity contribution in [2.45, 2.75) is 58.4 Å². The van der Waals surface area contributed by atoms with Crippen molar-refractivity contribution in [3.05, 3.63) is 60.2 Å². The van der Waals surface area contributed by atoms with Crippen molar-refractivity contribution in [1.82, 2.24) is 15.6 Å². The van der Waals surface area contributed by atoms with Crippen LogP contribution in [0.1, 0.15) is 51.0 Å². The number of hydrogen-bond donors (Lipinski definition) is 2. The number of carbonyl (C=O) groups is 2. The molecule has 2 atom stereocenters. The number of hydrogen-bond acceptors (Lipinski definition) is 4. The molecular formula is C31H38N4O2. The van der Waals surface area contributed by atoms with Gasteiger partial charge in [0.2, 0.25) is 11.8 Å². The number of piperidine rings is 1. The summed E-state index contributed by atoms with van der Waals surface area (Å²) in [5.41, 5.74) is 4.52. The Hall–Kier alpha value is -3.41. The largest absolute Gasteiger partial charge is 0.356 e.